The highest BCUT2D eigenvalue weighted by Crippen LogP contribution is 2.35. The molecule has 3 rings (SSSR count). The van der Waals surface area contributed by atoms with Crippen LogP contribution in [0.15, 0.2) is 52.5 Å². The molecule has 29 heavy (non-hydrogen) atoms. The first-order chi connectivity index (χ1) is 14.1. The molecular weight excluding hydrogens is 388 g/mol. The van der Waals surface area contributed by atoms with Crippen molar-refractivity contribution >= 4 is 23.4 Å². The van der Waals surface area contributed by atoms with E-state index in [1.165, 1.54) is 17.8 Å². The van der Waals surface area contributed by atoms with Gasteiger partial charge < -0.3 is 4.90 Å². The van der Waals surface area contributed by atoms with Crippen LogP contribution in [0.3, 0.4) is 0 Å². The van der Waals surface area contributed by atoms with Crippen LogP contribution < -0.4 is 0 Å². The molecule has 150 valence electrons. The molecule has 0 N–H and O–H groups in total. The van der Waals surface area contributed by atoms with Crippen molar-refractivity contribution in [1.29, 1.82) is 5.26 Å². The molecule has 1 fully saturated rings. The number of hydrogen-bond acceptors (Lipinski definition) is 6. The second-order valence-corrected chi connectivity index (χ2v) is 7.97. The third-order valence-electron chi connectivity index (χ3n) is 5.00. The second-order valence-electron chi connectivity index (χ2n) is 6.91. The third kappa shape index (κ3) is 5.33. The molecule has 1 amide bonds. The van der Waals surface area contributed by atoms with Gasteiger partial charge >= 0.3 is 0 Å². The summed E-state index contributed by atoms with van der Waals surface area (Å²) in [7, 11) is 0. The summed E-state index contributed by atoms with van der Waals surface area (Å²) >= 11 is 1.19. The lowest BCUT2D eigenvalue weighted by molar-refractivity contribution is -0.387. The predicted molar refractivity (Wildman–Crippen MR) is 110 cm³/mol. The minimum Gasteiger partial charge on any atom is -0.335 e. The zero-order valence-corrected chi connectivity index (χ0v) is 16.8. The van der Waals surface area contributed by atoms with Crippen LogP contribution in [0.4, 0.5) is 5.69 Å². The molecule has 1 aliphatic rings. The Bertz CT molecular complexity index is 908. The largest absolute Gasteiger partial charge is 0.335 e. The van der Waals surface area contributed by atoms with Gasteiger partial charge in [0.15, 0.2) is 0 Å². The third-order valence-corrected chi connectivity index (χ3v) is 6.01. The van der Waals surface area contributed by atoms with E-state index >= 15 is 0 Å². The van der Waals surface area contributed by atoms with Crippen LogP contribution in [0.25, 0.3) is 0 Å². The first-order valence-electron chi connectivity index (χ1n) is 9.65. The Hall–Kier alpha value is -2.92. The lowest BCUT2D eigenvalue weighted by atomic mass is 9.93. The Morgan fingerprint density at radius 1 is 1.28 bits per heavy atom. The minimum atomic E-state index is -0.470. The van der Waals surface area contributed by atoms with Gasteiger partial charge in [-0.15, -0.1) is 0 Å². The zero-order chi connectivity index (χ0) is 20.6. The van der Waals surface area contributed by atoms with Crippen LogP contribution >= 0.6 is 11.8 Å². The van der Waals surface area contributed by atoms with E-state index in [4.69, 9.17) is 5.26 Å². The van der Waals surface area contributed by atoms with Gasteiger partial charge in [0.05, 0.1) is 22.3 Å². The van der Waals surface area contributed by atoms with Crippen molar-refractivity contribution in [2.75, 3.05) is 6.54 Å². The topological polar surface area (TPSA) is 100 Å². The molecule has 0 bridgehead atoms. The van der Waals surface area contributed by atoms with Gasteiger partial charge in [-0.3, -0.25) is 14.9 Å². The number of rotatable bonds is 7. The van der Waals surface area contributed by atoms with Gasteiger partial charge in [0.25, 0.3) is 11.6 Å². The number of carbonyl (C=O) groups excluding carboxylic acids is 1. The van der Waals surface area contributed by atoms with Crippen LogP contribution in [0.2, 0.25) is 0 Å². The number of nitrogens with zero attached hydrogens (tertiary/aromatic N) is 4. The Balaban J connectivity index is 1.87. The fourth-order valence-corrected chi connectivity index (χ4v) is 4.44. The van der Waals surface area contributed by atoms with Gasteiger partial charge in [-0.2, -0.15) is 5.26 Å². The van der Waals surface area contributed by atoms with Crippen molar-refractivity contribution in [2.45, 2.75) is 54.5 Å². The summed E-state index contributed by atoms with van der Waals surface area (Å²) in [5, 5.41) is 21.3. The molecule has 0 saturated heterocycles. The number of nitro benzene ring substituents is 1. The monoisotopic (exact) mass is 410 g/mol. The molecule has 1 aromatic carbocycles. The van der Waals surface area contributed by atoms with E-state index in [0.29, 0.717) is 16.5 Å². The van der Waals surface area contributed by atoms with Gasteiger partial charge in [-0.1, -0.05) is 37.1 Å². The van der Waals surface area contributed by atoms with Crippen molar-refractivity contribution in [2.24, 2.45) is 0 Å². The molecule has 0 spiro atoms. The van der Waals surface area contributed by atoms with Crippen molar-refractivity contribution in [3.63, 3.8) is 0 Å². The average molecular weight is 410 g/mol. The normalized spacial score (nSPS) is 14.2. The lowest BCUT2D eigenvalue weighted by Crippen LogP contribution is -2.42. The molecule has 1 heterocycles. The zero-order valence-electron chi connectivity index (χ0n) is 16.0. The highest BCUT2D eigenvalue weighted by atomic mass is 32.2. The van der Waals surface area contributed by atoms with Crippen LogP contribution in [-0.4, -0.2) is 33.3 Å². The number of aromatic nitrogens is 1. The van der Waals surface area contributed by atoms with Gasteiger partial charge in [0.1, 0.15) is 5.03 Å². The van der Waals surface area contributed by atoms with E-state index in [1.54, 1.807) is 35.4 Å². The Labute approximate surface area is 173 Å². The lowest BCUT2D eigenvalue weighted by Gasteiger charge is -2.34. The molecule has 1 aliphatic carbocycles. The molecule has 2 aromatic rings. The first kappa shape index (κ1) is 20.8. The van der Waals surface area contributed by atoms with Gasteiger partial charge in [-0.05, 0) is 37.1 Å². The summed E-state index contributed by atoms with van der Waals surface area (Å²) in [5.74, 6) is -0.246. The highest BCUT2D eigenvalue weighted by molar-refractivity contribution is 7.99. The smallest absolute Gasteiger partial charge is 0.284 e. The molecular formula is C21H22N4O3S. The van der Waals surface area contributed by atoms with E-state index < -0.39 is 4.92 Å². The van der Waals surface area contributed by atoms with Crippen LogP contribution in [0, 0.1) is 21.4 Å². The van der Waals surface area contributed by atoms with Gasteiger partial charge in [0.2, 0.25) is 0 Å². The molecule has 1 saturated carbocycles. The van der Waals surface area contributed by atoms with Crippen molar-refractivity contribution in [3.8, 4) is 6.07 Å². The summed E-state index contributed by atoms with van der Waals surface area (Å²) in [6.07, 6.45) is 6.96. The molecule has 0 radical (unpaired) electrons. The van der Waals surface area contributed by atoms with E-state index in [2.05, 4.69) is 11.1 Å². The van der Waals surface area contributed by atoms with E-state index in [-0.39, 0.29) is 29.6 Å². The maximum Gasteiger partial charge on any atom is 0.284 e. The average Bonchev–Trinajstić information content (AvgIpc) is 2.75. The quantitative estimate of drug-likeness (QED) is 0.479. The predicted octanol–water partition coefficient (Wildman–Crippen LogP) is 4.83. The number of amides is 1. The van der Waals surface area contributed by atoms with Gasteiger partial charge in [-0.25, -0.2) is 4.98 Å². The Kier molecular flexibility index (Phi) is 7.19. The summed E-state index contributed by atoms with van der Waals surface area (Å²) in [5.41, 5.74) is 0.168. The van der Waals surface area contributed by atoms with Crippen LogP contribution in [-0.2, 0) is 0 Å². The van der Waals surface area contributed by atoms with Crippen LogP contribution in [0.5, 0.6) is 0 Å². The summed E-state index contributed by atoms with van der Waals surface area (Å²) < 4.78 is 0. The Morgan fingerprint density at radius 2 is 2.07 bits per heavy atom. The fraction of sp³-hybridized carbons (Fsp3) is 0.381. The summed E-state index contributed by atoms with van der Waals surface area (Å²) in [6.45, 7) is 0.345. The summed E-state index contributed by atoms with van der Waals surface area (Å²) in [4.78, 5) is 30.7. The number of pyridine rings is 1. The Morgan fingerprint density at radius 3 is 2.72 bits per heavy atom. The molecule has 7 nitrogen and oxygen atoms in total. The standard InChI is InChI=1S/C21H22N4O3S/c22-12-6-14-24(17-7-2-1-3-8-17)21(26)16-10-11-19(18(15-16)25(27)28)29-20-9-4-5-13-23-20/h4-5,9-11,13,15,17H,1-3,6-8,14H2. The second kappa shape index (κ2) is 10.0. The highest BCUT2D eigenvalue weighted by Gasteiger charge is 2.28. The first-order valence-corrected chi connectivity index (χ1v) is 10.5. The van der Waals surface area contributed by atoms with Gasteiger partial charge in [0, 0.05) is 30.4 Å². The van der Waals surface area contributed by atoms with E-state index in [1.807, 2.05) is 6.07 Å². The van der Waals surface area contributed by atoms with Crippen molar-refractivity contribution in [3.05, 3.63) is 58.3 Å². The fourth-order valence-electron chi connectivity index (χ4n) is 3.58. The number of nitro groups is 1. The van der Waals surface area contributed by atoms with Crippen molar-refractivity contribution < 1.29 is 9.72 Å². The SMILES string of the molecule is N#CCCN(C(=O)c1ccc(Sc2ccccn2)c([N+](=O)[O-])c1)C1CCCCC1. The molecule has 0 unspecified atom stereocenters. The number of benzene rings is 1. The molecule has 1 aromatic heterocycles. The number of hydrogen-bond donors (Lipinski definition) is 0. The minimum absolute atomic E-state index is 0.0891. The molecule has 0 aliphatic heterocycles. The van der Waals surface area contributed by atoms with Crippen LogP contribution in [0.1, 0.15) is 48.9 Å². The van der Waals surface area contributed by atoms with E-state index in [9.17, 15) is 14.9 Å². The summed E-state index contributed by atoms with van der Waals surface area (Å²) in [6, 6.07) is 12.1. The number of carbonyl (C=O) groups is 1. The maximum absolute atomic E-state index is 13.2. The van der Waals surface area contributed by atoms with Crippen molar-refractivity contribution in [1.82, 2.24) is 9.88 Å². The molecule has 0 atom stereocenters. The number of nitriles is 1. The molecule has 8 heteroatoms. The maximum atomic E-state index is 13.2. The van der Waals surface area contributed by atoms with E-state index in [0.717, 1.165) is 32.1 Å².